The highest BCUT2D eigenvalue weighted by atomic mass is 35.5. The zero-order chi connectivity index (χ0) is 13.9. The average molecular weight is 312 g/mol. The Morgan fingerprint density at radius 1 is 1.50 bits per heavy atom. The van der Waals surface area contributed by atoms with Crippen molar-refractivity contribution >= 4 is 28.6 Å². The number of rotatable bonds is 4. The number of anilines is 1. The second-order valence-corrected chi connectivity index (χ2v) is 6.02. The van der Waals surface area contributed by atoms with Gasteiger partial charge in [0, 0.05) is 36.7 Å². The minimum atomic E-state index is -0.368. The first kappa shape index (κ1) is 13.8. The zero-order valence-corrected chi connectivity index (χ0v) is 12.4. The van der Waals surface area contributed by atoms with Gasteiger partial charge in [-0.25, -0.2) is 9.37 Å². The van der Waals surface area contributed by atoms with Crippen LogP contribution in [0.3, 0.4) is 0 Å². The average Bonchev–Trinajstić information content (AvgIpc) is 3.10. The zero-order valence-electron chi connectivity index (χ0n) is 10.9. The van der Waals surface area contributed by atoms with Gasteiger partial charge in [0.1, 0.15) is 5.82 Å². The van der Waals surface area contributed by atoms with Gasteiger partial charge in [-0.3, -0.25) is 0 Å². The Morgan fingerprint density at radius 3 is 3.15 bits per heavy atom. The molecule has 3 nitrogen and oxygen atoms in total. The van der Waals surface area contributed by atoms with Crippen molar-refractivity contribution in [2.24, 2.45) is 0 Å². The first-order chi connectivity index (χ1) is 9.72. The molecule has 1 saturated heterocycles. The Kier molecular flexibility index (Phi) is 4.19. The van der Waals surface area contributed by atoms with E-state index in [9.17, 15) is 4.39 Å². The van der Waals surface area contributed by atoms with Gasteiger partial charge in [0.05, 0.1) is 16.2 Å². The number of benzene rings is 1. The summed E-state index contributed by atoms with van der Waals surface area (Å²) in [6.45, 7) is 2.66. The molecule has 1 aromatic heterocycles. The van der Waals surface area contributed by atoms with Crippen LogP contribution < -0.4 is 10.2 Å². The second-order valence-electron chi connectivity index (χ2n) is 4.89. The van der Waals surface area contributed by atoms with Crippen LogP contribution in [0.15, 0.2) is 29.1 Å². The molecule has 106 valence electrons. The molecule has 0 amide bonds. The molecular formula is C14H15ClFN3S. The summed E-state index contributed by atoms with van der Waals surface area (Å²) in [6.07, 6.45) is 1.07. The van der Waals surface area contributed by atoms with Crippen molar-refractivity contribution < 1.29 is 4.39 Å². The van der Waals surface area contributed by atoms with E-state index in [4.69, 9.17) is 11.6 Å². The first-order valence-electron chi connectivity index (χ1n) is 6.53. The highest BCUT2D eigenvalue weighted by Gasteiger charge is 2.22. The monoisotopic (exact) mass is 311 g/mol. The van der Waals surface area contributed by atoms with E-state index in [1.165, 1.54) is 6.07 Å². The smallest absolute Gasteiger partial charge is 0.141 e. The molecule has 0 bridgehead atoms. The number of nitrogens with one attached hydrogen (secondary N) is 1. The lowest BCUT2D eigenvalue weighted by Crippen LogP contribution is -2.32. The molecule has 0 aliphatic carbocycles. The minimum Gasteiger partial charge on any atom is -0.370 e. The second kappa shape index (κ2) is 6.08. The molecule has 1 atom stereocenters. The Balaban J connectivity index is 1.57. The third-order valence-corrected chi connectivity index (χ3v) is 4.44. The summed E-state index contributed by atoms with van der Waals surface area (Å²) in [4.78, 5) is 6.49. The van der Waals surface area contributed by atoms with E-state index in [1.54, 1.807) is 23.5 Å². The fraction of sp³-hybridized carbons (Fsp3) is 0.357. The molecule has 2 heterocycles. The van der Waals surface area contributed by atoms with Crippen LogP contribution in [-0.2, 0) is 6.54 Å². The van der Waals surface area contributed by atoms with Crippen molar-refractivity contribution in [3.63, 3.8) is 0 Å². The number of halogens is 2. The van der Waals surface area contributed by atoms with Crippen molar-refractivity contribution in [2.75, 3.05) is 18.0 Å². The molecule has 0 saturated carbocycles. The lowest BCUT2D eigenvalue weighted by atomic mass is 10.2. The van der Waals surface area contributed by atoms with E-state index in [0.29, 0.717) is 6.04 Å². The molecule has 1 aliphatic rings. The maximum absolute atomic E-state index is 13.2. The van der Waals surface area contributed by atoms with Crippen LogP contribution in [0.4, 0.5) is 10.1 Å². The maximum atomic E-state index is 13.2. The third kappa shape index (κ3) is 3.11. The van der Waals surface area contributed by atoms with Gasteiger partial charge >= 0.3 is 0 Å². The van der Waals surface area contributed by atoms with Gasteiger partial charge in [-0.2, -0.15) is 0 Å². The van der Waals surface area contributed by atoms with Gasteiger partial charge in [0.15, 0.2) is 0 Å². The summed E-state index contributed by atoms with van der Waals surface area (Å²) < 4.78 is 13.2. The molecule has 0 unspecified atom stereocenters. The molecule has 1 N–H and O–H groups in total. The van der Waals surface area contributed by atoms with Crippen LogP contribution >= 0.6 is 22.9 Å². The first-order valence-corrected chi connectivity index (χ1v) is 7.85. The summed E-state index contributed by atoms with van der Waals surface area (Å²) in [7, 11) is 0. The van der Waals surface area contributed by atoms with Crippen molar-refractivity contribution in [1.82, 2.24) is 10.3 Å². The van der Waals surface area contributed by atoms with E-state index in [1.807, 2.05) is 5.51 Å². The van der Waals surface area contributed by atoms with Gasteiger partial charge in [-0.1, -0.05) is 11.6 Å². The van der Waals surface area contributed by atoms with Crippen LogP contribution in [0.5, 0.6) is 0 Å². The quantitative estimate of drug-likeness (QED) is 0.939. The summed E-state index contributed by atoms with van der Waals surface area (Å²) in [5.41, 5.74) is 3.91. The van der Waals surface area contributed by atoms with Gasteiger partial charge in [-0.05, 0) is 24.6 Å². The van der Waals surface area contributed by atoms with Crippen LogP contribution in [0.1, 0.15) is 12.1 Å². The Labute approximate surface area is 126 Å². The Hall–Kier alpha value is -1.17. The Morgan fingerprint density at radius 2 is 2.40 bits per heavy atom. The molecule has 0 spiro atoms. The van der Waals surface area contributed by atoms with E-state index in [-0.39, 0.29) is 10.8 Å². The lowest BCUT2D eigenvalue weighted by Gasteiger charge is -2.19. The van der Waals surface area contributed by atoms with Gasteiger partial charge < -0.3 is 10.2 Å². The molecule has 20 heavy (non-hydrogen) atoms. The standard InChI is InChI=1S/C14H15ClFN3S/c15-13-5-12(1-2-14(13)16)19-4-3-10(7-19)17-6-11-8-20-9-18-11/h1-2,5,8-10,17H,3-4,6-7H2/t10-/m1/s1. The number of hydrogen-bond donors (Lipinski definition) is 1. The number of aromatic nitrogens is 1. The molecule has 6 heteroatoms. The fourth-order valence-electron chi connectivity index (χ4n) is 2.42. The lowest BCUT2D eigenvalue weighted by molar-refractivity contribution is 0.547. The third-order valence-electron chi connectivity index (χ3n) is 3.51. The van der Waals surface area contributed by atoms with Crippen LogP contribution in [0.2, 0.25) is 5.02 Å². The molecule has 1 aliphatic heterocycles. The molecule has 3 rings (SSSR count). The van der Waals surface area contributed by atoms with Crippen LogP contribution in [0.25, 0.3) is 0 Å². The minimum absolute atomic E-state index is 0.182. The molecule has 2 aromatic rings. The van der Waals surface area contributed by atoms with Gasteiger partial charge in [0.25, 0.3) is 0 Å². The van der Waals surface area contributed by atoms with Gasteiger partial charge in [-0.15, -0.1) is 11.3 Å². The summed E-state index contributed by atoms with van der Waals surface area (Å²) in [5.74, 6) is -0.368. The van der Waals surface area contributed by atoms with Crippen molar-refractivity contribution in [1.29, 1.82) is 0 Å². The predicted molar refractivity (Wildman–Crippen MR) is 81.0 cm³/mol. The highest BCUT2D eigenvalue weighted by molar-refractivity contribution is 7.07. The van der Waals surface area contributed by atoms with E-state index < -0.39 is 0 Å². The molecular weight excluding hydrogens is 297 g/mol. The summed E-state index contributed by atoms with van der Waals surface area (Å²) in [5, 5.41) is 5.74. The molecule has 0 radical (unpaired) electrons. The maximum Gasteiger partial charge on any atom is 0.141 e. The molecule has 1 aromatic carbocycles. The van der Waals surface area contributed by atoms with Gasteiger partial charge in [0.2, 0.25) is 0 Å². The number of thiazole rings is 1. The fourth-order valence-corrected chi connectivity index (χ4v) is 3.15. The number of hydrogen-bond acceptors (Lipinski definition) is 4. The largest absolute Gasteiger partial charge is 0.370 e. The van der Waals surface area contributed by atoms with E-state index >= 15 is 0 Å². The summed E-state index contributed by atoms with van der Waals surface area (Å²) in [6, 6.07) is 5.33. The van der Waals surface area contributed by atoms with Crippen LogP contribution in [-0.4, -0.2) is 24.1 Å². The number of nitrogens with zero attached hydrogens (tertiary/aromatic N) is 2. The van der Waals surface area contributed by atoms with Crippen molar-refractivity contribution in [2.45, 2.75) is 19.0 Å². The Bertz CT molecular complexity index is 576. The summed E-state index contributed by atoms with van der Waals surface area (Å²) >= 11 is 7.44. The van der Waals surface area contributed by atoms with Crippen LogP contribution in [0, 0.1) is 5.82 Å². The highest BCUT2D eigenvalue weighted by Crippen LogP contribution is 2.25. The van der Waals surface area contributed by atoms with E-state index in [2.05, 4.69) is 20.6 Å². The van der Waals surface area contributed by atoms with Crippen molar-refractivity contribution in [3.8, 4) is 0 Å². The normalized spacial score (nSPS) is 18.7. The van der Waals surface area contributed by atoms with E-state index in [0.717, 1.165) is 37.4 Å². The SMILES string of the molecule is Fc1ccc(N2CC[C@@H](NCc3cscn3)C2)cc1Cl. The van der Waals surface area contributed by atoms with Crippen molar-refractivity contribution in [3.05, 3.63) is 45.6 Å². The predicted octanol–water partition coefficient (Wildman–Crippen LogP) is 3.30. The topological polar surface area (TPSA) is 28.2 Å². The molecule has 1 fully saturated rings.